The lowest BCUT2D eigenvalue weighted by atomic mass is 10.1. The number of halogens is 3. The number of aliphatic hydroxyl groups excluding tert-OH is 1. The van der Waals surface area contributed by atoms with Crippen LogP contribution in [0.4, 0.5) is 8.78 Å². The molecule has 2 aliphatic rings. The topological polar surface area (TPSA) is 125 Å². The minimum Gasteiger partial charge on any atom is -0.471 e. The Balaban J connectivity index is 1.18. The van der Waals surface area contributed by atoms with Gasteiger partial charge in [-0.2, -0.15) is 9.97 Å². The molecule has 1 aromatic carbocycles. The van der Waals surface area contributed by atoms with Crippen LogP contribution < -0.4 is 9.47 Å². The van der Waals surface area contributed by atoms with Gasteiger partial charge in [0.05, 0.1) is 30.5 Å². The monoisotopic (exact) mass is 506 g/mol. The van der Waals surface area contributed by atoms with Crippen molar-refractivity contribution in [1.29, 1.82) is 0 Å². The Hall–Kier alpha value is -3.32. The van der Waals surface area contributed by atoms with Gasteiger partial charge in [0.15, 0.2) is 11.8 Å². The summed E-state index contributed by atoms with van der Waals surface area (Å²) in [4.78, 5) is 15.3. The summed E-state index contributed by atoms with van der Waals surface area (Å²) in [5, 5.41) is 9.97. The van der Waals surface area contributed by atoms with Gasteiger partial charge >= 0.3 is 0 Å². The van der Waals surface area contributed by atoms with E-state index in [0.29, 0.717) is 5.52 Å². The second-order valence-corrected chi connectivity index (χ2v) is 8.46. The number of aliphatic hydroxyl groups is 1. The Morgan fingerprint density at radius 3 is 2.69 bits per heavy atom. The van der Waals surface area contributed by atoms with Gasteiger partial charge in [0.2, 0.25) is 11.8 Å². The molecule has 35 heavy (non-hydrogen) atoms. The number of fused-ring (bicyclic) bond motifs is 2. The van der Waals surface area contributed by atoms with E-state index in [9.17, 15) is 13.9 Å². The molecule has 6 rings (SSSR count). The average Bonchev–Trinajstić information content (AvgIpc) is 3.61. The third kappa shape index (κ3) is 4.08. The van der Waals surface area contributed by atoms with Crippen molar-refractivity contribution in [2.45, 2.75) is 31.0 Å². The summed E-state index contributed by atoms with van der Waals surface area (Å²) in [6.45, 7) is -0.0492. The number of nitrogens with one attached hydrogen (secondary N) is 1. The minimum atomic E-state index is -0.831. The number of ether oxygens (including phenoxy) is 4. The molecular weight excluding hydrogens is 490 g/mol. The van der Waals surface area contributed by atoms with Gasteiger partial charge in [0.1, 0.15) is 47.8 Å². The van der Waals surface area contributed by atoms with Crippen molar-refractivity contribution in [2.75, 3.05) is 13.2 Å². The number of rotatable bonds is 6. The van der Waals surface area contributed by atoms with Crippen molar-refractivity contribution in [2.24, 2.45) is 0 Å². The number of aromatic amines is 1. The molecule has 2 saturated heterocycles. The lowest BCUT2D eigenvalue weighted by Crippen LogP contribution is -2.34. The second kappa shape index (κ2) is 8.72. The van der Waals surface area contributed by atoms with E-state index < -0.39 is 42.7 Å². The number of oxazole rings is 1. The molecular formula is C22H17ClF2N4O6. The zero-order chi connectivity index (χ0) is 24.1. The van der Waals surface area contributed by atoms with Crippen LogP contribution in [0.25, 0.3) is 22.6 Å². The number of aromatic nitrogens is 4. The van der Waals surface area contributed by atoms with Crippen molar-refractivity contribution in [3.63, 3.8) is 0 Å². The first-order valence-corrected chi connectivity index (χ1v) is 11.0. The van der Waals surface area contributed by atoms with Gasteiger partial charge in [-0.1, -0.05) is 11.6 Å². The standard InChI is InChI=1S/C22H17ClF2N4O6/c23-11-5-14-19(29-22(27-14)35-16-8-33-17-15(30)7-32-18(16)17)28-21(11)34-6-10-12(24)3-9(4-13(10)25)20-26-1-2-31-20/h1-5,15-18,30H,6-8H2,(H,27,28,29)/t15-,16-,17?,18?/m1/s1. The predicted octanol–water partition coefficient (Wildman–Crippen LogP) is 3.03. The number of imidazole rings is 1. The van der Waals surface area contributed by atoms with Crippen LogP contribution in [0, 0.1) is 11.6 Å². The van der Waals surface area contributed by atoms with E-state index in [4.69, 9.17) is 35.0 Å². The van der Waals surface area contributed by atoms with Gasteiger partial charge in [-0.05, 0) is 18.2 Å². The van der Waals surface area contributed by atoms with Crippen molar-refractivity contribution in [3.8, 4) is 23.3 Å². The highest BCUT2D eigenvalue weighted by Gasteiger charge is 2.48. The maximum absolute atomic E-state index is 14.6. The Labute approximate surface area is 200 Å². The highest BCUT2D eigenvalue weighted by Crippen LogP contribution is 2.32. The molecule has 2 unspecified atom stereocenters. The van der Waals surface area contributed by atoms with E-state index in [1.165, 1.54) is 18.5 Å². The summed E-state index contributed by atoms with van der Waals surface area (Å²) in [6, 6.07) is 3.88. The Kier molecular flexibility index (Phi) is 5.52. The summed E-state index contributed by atoms with van der Waals surface area (Å²) < 4.78 is 56.6. The number of pyridine rings is 1. The normalized spacial score (nSPS) is 23.7. The number of hydrogen-bond donors (Lipinski definition) is 2. The molecule has 3 aromatic heterocycles. The molecule has 0 amide bonds. The van der Waals surface area contributed by atoms with Crippen LogP contribution in [0.15, 0.2) is 35.1 Å². The SMILES string of the molecule is O[C@@H]1COC2C1OC[C@H]2Oc1nc2nc(OCc3c(F)cc(-c4ncco4)cc3F)c(Cl)cc2[nH]1. The number of hydrogen-bond acceptors (Lipinski definition) is 9. The molecule has 4 aromatic rings. The maximum atomic E-state index is 14.6. The van der Waals surface area contributed by atoms with Crippen LogP contribution in [-0.4, -0.2) is 62.7 Å². The van der Waals surface area contributed by atoms with Crippen molar-refractivity contribution < 1.29 is 37.3 Å². The van der Waals surface area contributed by atoms with Crippen LogP contribution in [0.5, 0.6) is 11.9 Å². The van der Waals surface area contributed by atoms with Crippen LogP contribution >= 0.6 is 11.6 Å². The summed E-state index contributed by atoms with van der Waals surface area (Å²) >= 11 is 6.26. The highest BCUT2D eigenvalue weighted by molar-refractivity contribution is 6.32. The molecule has 2 N–H and O–H groups in total. The van der Waals surface area contributed by atoms with E-state index in [0.717, 1.165) is 12.1 Å². The fourth-order valence-corrected chi connectivity index (χ4v) is 4.30. The molecule has 13 heteroatoms. The molecule has 2 fully saturated rings. The highest BCUT2D eigenvalue weighted by atomic mass is 35.5. The largest absolute Gasteiger partial charge is 0.471 e. The molecule has 0 aliphatic carbocycles. The van der Waals surface area contributed by atoms with E-state index in [-0.39, 0.29) is 52.8 Å². The third-order valence-electron chi connectivity index (χ3n) is 5.79. The zero-order valence-corrected chi connectivity index (χ0v) is 18.5. The van der Waals surface area contributed by atoms with Crippen LogP contribution in [0.3, 0.4) is 0 Å². The van der Waals surface area contributed by atoms with Gasteiger partial charge in [-0.25, -0.2) is 13.8 Å². The number of nitrogens with zero attached hydrogens (tertiary/aromatic N) is 3. The molecule has 5 heterocycles. The van der Waals surface area contributed by atoms with Gasteiger partial charge in [0, 0.05) is 5.56 Å². The predicted molar refractivity (Wildman–Crippen MR) is 115 cm³/mol. The molecule has 0 saturated carbocycles. The van der Waals surface area contributed by atoms with Crippen molar-refractivity contribution in [3.05, 3.63) is 52.9 Å². The van der Waals surface area contributed by atoms with Crippen LogP contribution in [0.2, 0.25) is 5.02 Å². The summed E-state index contributed by atoms with van der Waals surface area (Å²) in [7, 11) is 0. The van der Waals surface area contributed by atoms with Gasteiger partial charge < -0.3 is 33.5 Å². The minimum absolute atomic E-state index is 0.0562. The van der Waals surface area contributed by atoms with Crippen molar-refractivity contribution in [1.82, 2.24) is 19.9 Å². The fraction of sp³-hybridized carbons (Fsp3) is 0.318. The quantitative estimate of drug-likeness (QED) is 0.406. The molecule has 4 atom stereocenters. The van der Waals surface area contributed by atoms with E-state index in [1.807, 2.05) is 0 Å². The van der Waals surface area contributed by atoms with Gasteiger partial charge in [-0.15, -0.1) is 0 Å². The smallest absolute Gasteiger partial charge is 0.296 e. The van der Waals surface area contributed by atoms with Gasteiger partial charge in [-0.3, -0.25) is 0 Å². The second-order valence-electron chi connectivity index (χ2n) is 8.05. The first-order chi connectivity index (χ1) is 17.0. The molecule has 0 radical (unpaired) electrons. The molecule has 182 valence electrons. The van der Waals surface area contributed by atoms with Gasteiger partial charge in [0.25, 0.3) is 6.01 Å². The Morgan fingerprint density at radius 2 is 1.91 bits per heavy atom. The van der Waals surface area contributed by atoms with Crippen LogP contribution in [0.1, 0.15) is 5.56 Å². The average molecular weight is 507 g/mol. The fourth-order valence-electron chi connectivity index (χ4n) is 4.10. The molecule has 10 nitrogen and oxygen atoms in total. The zero-order valence-electron chi connectivity index (χ0n) is 17.8. The number of benzene rings is 1. The molecule has 0 spiro atoms. The Bertz CT molecular complexity index is 1360. The number of H-pyrrole nitrogens is 1. The molecule has 2 aliphatic heterocycles. The van der Waals surface area contributed by atoms with E-state index >= 15 is 0 Å². The van der Waals surface area contributed by atoms with E-state index in [2.05, 4.69) is 19.9 Å². The first kappa shape index (κ1) is 22.2. The lowest BCUT2D eigenvalue weighted by molar-refractivity contribution is 0.00706. The first-order valence-electron chi connectivity index (χ1n) is 10.6. The van der Waals surface area contributed by atoms with Crippen molar-refractivity contribution >= 4 is 22.8 Å². The third-order valence-corrected chi connectivity index (χ3v) is 6.06. The summed E-state index contributed by atoms with van der Waals surface area (Å²) in [6.07, 6.45) is 0.674. The van der Waals surface area contributed by atoms with Crippen LogP contribution in [-0.2, 0) is 16.1 Å². The Morgan fingerprint density at radius 1 is 1.11 bits per heavy atom. The lowest BCUT2D eigenvalue weighted by Gasteiger charge is -2.15. The summed E-state index contributed by atoms with van der Waals surface area (Å²) in [5.41, 5.74) is 0.543. The van der Waals surface area contributed by atoms with E-state index in [1.54, 1.807) is 0 Å². The maximum Gasteiger partial charge on any atom is 0.296 e. The summed E-state index contributed by atoms with van der Waals surface area (Å²) in [5.74, 6) is -1.62. The molecule has 0 bridgehead atoms.